The van der Waals surface area contributed by atoms with Gasteiger partial charge in [-0.3, -0.25) is 4.99 Å². The van der Waals surface area contributed by atoms with Crippen molar-refractivity contribution in [1.82, 2.24) is 4.31 Å². The summed E-state index contributed by atoms with van der Waals surface area (Å²) >= 11 is 0. The molecular weight excluding hydrogens is 512 g/mol. The lowest BCUT2D eigenvalue weighted by atomic mass is 9.73. The zero-order chi connectivity index (χ0) is 27.6. The summed E-state index contributed by atoms with van der Waals surface area (Å²) in [6.07, 6.45) is 0. The van der Waals surface area contributed by atoms with Crippen LogP contribution in [0, 0.1) is 6.92 Å². The average Bonchev–Trinajstić information content (AvgIpc) is 2.99. The first-order valence-corrected chi connectivity index (χ1v) is 14.8. The molecule has 0 aliphatic carbocycles. The van der Waals surface area contributed by atoms with Crippen LogP contribution in [0.4, 0.5) is 0 Å². The number of rotatable bonds is 7. The van der Waals surface area contributed by atoms with Crippen molar-refractivity contribution >= 4 is 15.7 Å². The average molecular weight is 543 g/mol. The molecule has 40 heavy (non-hydrogen) atoms. The Balaban J connectivity index is 1.60. The summed E-state index contributed by atoms with van der Waals surface area (Å²) in [6, 6.07) is 46.7. The van der Waals surface area contributed by atoms with E-state index in [0.29, 0.717) is 0 Å². The van der Waals surface area contributed by atoms with Crippen LogP contribution in [0.5, 0.6) is 0 Å². The first-order chi connectivity index (χ1) is 19.5. The Morgan fingerprint density at radius 3 is 1.68 bits per heavy atom. The van der Waals surface area contributed by atoms with Crippen molar-refractivity contribution in [2.75, 3.05) is 6.54 Å². The van der Waals surface area contributed by atoms with E-state index >= 15 is 0 Å². The Morgan fingerprint density at radius 1 is 0.675 bits per heavy atom. The van der Waals surface area contributed by atoms with Gasteiger partial charge in [-0.2, -0.15) is 4.31 Å². The van der Waals surface area contributed by atoms with Crippen LogP contribution in [-0.4, -0.2) is 25.0 Å². The van der Waals surface area contributed by atoms with Gasteiger partial charge < -0.3 is 0 Å². The molecule has 1 aliphatic rings. The molecule has 5 aromatic rings. The van der Waals surface area contributed by atoms with Crippen LogP contribution in [0.1, 0.15) is 33.9 Å². The van der Waals surface area contributed by atoms with Crippen LogP contribution in [0.25, 0.3) is 0 Å². The summed E-state index contributed by atoms with van der Waals surface area (Å²) < 4.78 is 29.9. The van der Waals surface area contributed by atoms with Gasteiger partial charge in [0.15, 0.2) is 0 Å². The van der Waals surface area contributed by atoms with Crippen molar-refractivity contribution < 1.29 is 8.42 Å². The van der Waals surface area contributed by atoms with Crippen LogP contribution in [0.2, 0.25) is 0 Å². The number of hydrogen-bond donors (Lipinski definition) is 0. The molecule has 6 rings (SSSR count). The molecule has 0 amide bonds. The molecule has 198 valence electrons. The molecule has 0 radical (unpaired) electrons. The van der Waals surface area contributed by atoms with Crippen molar-refractivity contribution in [1.29, 1.82) is 0 Å². The molecule has 1 heterocycles. The number of aliphatic imine (C=N–C) groups is 1. The predicted molar refractivity (Wildman–Crippen MR) is 161 cm³/mol. The standard InChI is InChI=1S/C35H30N2O2S/c1-27-22-24-32(25-23-27)40(38,39)37-26-35(31-20-12-5-13-21-31,34(37)30-18-10-4-11-19-30)36-33(28-14-6-2-7-15-28)29-16-8-3-9-17-29/h2-25,34H,26H2,1H3/t34-,35-/m0/s1. The van der Waals surface area contributed by atoms with Gasteiger partial charge in [0, 0.05) is 17.7 Å². The highest BCUT2D eigenvalue weighted by atomic mass is 32.2. The lowest BCUT2D eigenvalue weighted by Gasteiger charge is -2.54. The molecular formula is C35H30N2O2S. The van der Waals surface area contributed by atoms with Crippen molar-refractivity contribution in [3.63, 3.8) is 0 Å². The molecule has 0 aromatic heterocycles. The fourth-order valence-electron chi connectivity index (χ4n) is 5.51. The van der Waals surface area contributed by atoms with Crippen molar-refractivity contribution in [2.24, 2.45) is 4.99 Å². The third-order valence-electron chi connectivity index (χ3n) is 7.56. The van der Waals surface area contributed by atoms with Crippen LogP contribution >= 0.6 is 0 Å². The van der Waals surface area contributed by atoms with Crippen molar-refractivity contribution in [3.05, 3.63) is 173 Å². The second-order valence-corrected chi connectivity index (χ2v) is 12.0. The molecule has 0 bridgehead atoms. The minimum absolute atomic E-state index is 0.218. The van der Waals surface area contributed by atoms with Crippen molar-refractivity contribution in [3.8, 4) is 0 Å². The minimum Gasteiger partial charge on any atom is -0.269 e. The molecule has 5 heteroatoms. The van der Waals surface area contributed by atoms with Gasteiger partial charge in [-0.25, -0.2) is 8.42 Å². The highest BCUT2D eigenvalue weighted by Crippen LogP contribution is 2.54. The van der Waals surface area contributed by atoms with Gasteiger partial charge in [0.1, 0.15) is 5.54 Å². The Kier molecular flexibility index (Phi) is 6.93. The molecule has 4 nitrogen and oxygen atoms in total. The summed E-state index contributed by atoms with van der Waals surface area (Å²) in [4.78, 5) is 5.85. The summed E-state index contributed by atoms with van der Waals surface area (Å²) in [6.45, 7) is 2.17. The maximum absolute atomic E-state index is 14.1. The second kappa shape index (κ2) is 10.7. The second-order valence-electron chi connectivity index (χ2n) is 10.2. The summed E-state index contributed by atoms with van der Waals surface area (Å²) in [5.74, 6) is 0. The van der Waals surface area contributed by atoms with E-state index in [-0.39, 0.29) is 11.4 Å². The van der Waals surface area contributed by atoms with E-state index < -0.39 is 21.6 Å². The molecule has 0 saturated carbocycles. The molecule has 1 aliphatic heterocycles. The van der Waals surface area contributed by atoms with Crippen molar-refractivity contribution in [2.45, 2.75) is 23.4 Å². The Bertz CT molecular complexity index is 1680. The third-order valence-corrected chi connectivity index (χ3v) is 9.38. The molecule has 2 atom stereocenters. The fraction of sp³-hybridized carbons (Fsp3) is 0.114. The monoisotopic (exact) mass is 542 g/mol. The predicted octanol–water partition coefficient (Wildman–Crippen LogP) is 7.17. The largest absolute Gasteiger partial charge is 0.269 e. The fourth-order valence-corrected chi connectivity index (χ4v) is 7.20. The molecule has 0 unspecified atom stereocenters. The van der Waals surface area contributed by atoms with Crippen LogP contribution in [0.3, 0.4) is 0 Å². The normalized spacial score (nSPS) is 19.0. The first kappa shape index (κ1) is 25.9. The van der Waals surface area contributed by atoms with E-state index in [9.17, 15) is 8.42 Å². The van der Waals surface area contributed by atoms with Crippen LogP contribution in [-0.2, 0) is 15.6 Å². The van der Waals surface area contributed by atoms with Gasteiger partial charge >= 0.3 is 0 Å². The molecule has 0 N–H and O–H groups in total. The van der Waals surface area contributed by atoms with E-state index in [2.05, 4.69) is 36.4 Å². The molecule has 1 fully saturated rings. The number of hydrogen-bond acceptors (Lipinski definition) is 3. The maximum atomic E-state index is 14.1. The first-order valence-electron chi connectivity index (χ1n) is 13.4. The Labute approximate surface area is 236 Å². The number of nitrogens with zero attached hydrogens (tertiary/aromatic N) is 2. The zero-order valence-electron chi connectivity index (χ0n) is 22.3. The summed E-state index contributed by atoms with van der Waals surface area (Å²) in [7, 11) is -3.80. The Morgan fingerprint density at radius 2 is 1.15 bits per heavy atom. The van der Waals surface area contributed by atoms with Gasteiger partial charge in [-0.1, -0.05) is 139 Å². The summed E-state index contributed by atoms with van der Waals surface area (Å²) in [5, 5.41) is 0. The van der Waals surface area contributed by atoms with Gasteiger partial charge in [0.25, 0.3) is 0 Å². The highest BCUT2D eigenvalue weighted by molar-refractivity contribution is 7.89. The smallest absolute Gasteiger partial charge is 0.243 e. The van der Waals surface area contributed by atoms with E-state index in [1.807, 2.05) is 104 Å². The van der Waals surface area contributed by atoms with Gasteiger partial charge in [0.05, 0.1) is 16.6 Å². The van der Waals surface area contributed by atoms with E-state index in [4.69, 9.17) is 4.99 Å². The Hall–Kier alpha value is -4.32. The quantitative estimate of drug-likeness (QED) is 0.205. The lowest BCUT2D eigenvalue weighted by molar-refractivity contribution is 0.0659. The molecule has 1 saturated heterocycles. The van der Waals surface area contributed by atoms with E-state index in [1.165, 1.54) is 0 Å². The maximum Gasteiger partial charge on any atom is 0.243 e. The topological polar surface area (TPSA) is 49.7 Å². The lowest BCUT2D eigenvalue weighted by Crippen LogP contribution is -2.62. The zero-order valence-corrected chi connectivity index (χ0v) is 23.1. The highest BCUT2D eigenvalue weighted by Gasteiger charge is 2.59. The van der Waals surface area contributed by atoms with E-state index in [1.54, 1.807) is 16.4 Å². The number of benzene rings is 5. The molecule has 5 aromatic carbocycles. The van der Waals surface area contributed by atoms with Crippen LogP contribution < -0.4 is 0 Å². The molecule has 0 spiro atoms. The number of aryl methyl sites for hydroxylation is 1. The van der Waals surface area contributed by atoms with Gasteiger partial charge in [-0.05, 0) is 30.2 Å². The van der Waals surface area contributed by atoms with Gasteiger partial charge in [-0.15, -0.1) is 0 Å². The minimum atomic E-state index is -3.80. The SMILES string of the molecule is Cc1ccc(S(=O)(=O)N2C[C@](N=C(c3ccccc3)c3ccccc3)(c3ccccc3)[C@@H]2c2ccccc2)cc1. The number of sulfonamides is 1. The van der Waals surface area contributed by atoms with Crippen LogP contribution in [0.15, 0.2) is 155 Å². The summed E-state index contributed by atoms with van der Waals surface area (Å²) in [5.41, 5.74) is 4.84. The third kappa shape index (κ3) is 4.68. The van der Waals surface area contributed by atoms with Gasteiger partial charge in [0.2, 0.25) is 10.0 Å². The van der Waals surface area contributed by atoms with E-state index in [0.717, 1.165) is 33.5 Å².